The fraction of sp³-hybridized carbons (Fsp3) is 0.0800. The molecule has 0 saturated heterocycles. The second kappa shape index (κ2) is 11.3. The van der Waals surface area contributed by atoms with Crippen molar-refractivity contribution in [3.05, 3.63) is 164 Å². The Kier molecular flexibility index (Phi) is 6.66. The Hall–Kier alpha value is -5.81. The van der Waals surface area contributed by atoms with E-state index in [0.717, 1.165) is 16.9 Å². The maximum absolute atomic E-state index is 6.67. The summed E-state index contributed by atoms with van der Waals surface area (Å²) >= 11 is 0. The summed E-state index contributed by atoms with van der Waals surface area (Å²) in [5.41, 5.74) is 13.4. The predicted octanol–water partition coefficient (Wildman–Crippen LogP) is 13.1. The van der Waals surface area contributed by atoms with E-state index in [2.05, 4.69) is 194 Å². The van der Waals surface area contributed by atoms with Crippen LogP contribution < -0.4 is 15.3 Å². The van der Waals surface area contributed by atoms with Crippen LogP contribution in [0.3, 0.4) is 0 Å². The average Bonchev–Trinajstić information content (AvgIpc) is 3.78. The third kappa shape index (κ3) is 4.35. The standard InChI is InChI=1S/C50H39NOSSi/c1-53(2)45-25-10-8-20-39(45)41-22-13-23-43(50(41)53)51(34-17-11-16-33(30-34)37-21-12-15-32-14-5-6-18-36(32)37)35-26-27-42-47(31-35)54(3,4)46-29-28-40-38-19-7-9-24-44(38)52-49(40)48(42)46/h5-31H,1-4H3. The highest BCUT2D eigenvalue weighted by atomic mass is 32.3. The van der Waals surface area contributed by atoms with Crippen LogP contribution in [0.4, 0.5) is 17.1 Å². The van der Waals surface area contributed by atoms with Gasteiger partial charge in [0.05, 0.1) is 5.69 Å². The number of nitrogens with zero attached hydrogens (tertiary/aromatic N) is 1. The zero-order valence-corrected chi connectivity index (χ0v) is 32.7. The molecular weight excluding hydrogens is 691 g/mol. The first-order valence-corrected chi connectivity index (χ1v) is 24.2. The number of hydrogen-bond acceptors (Lipinski definition) is 2. The topological polar surface area (TPSA) is 16.4 Å². The van der Waals surface area contributed by atoms with E-state index in [1.807, 2.05) is 0 Å². The van der Waals surface area contributed by atoms with Crippen LogP contribution in [0.5, 0.6) is 0 Å². The number of anilines is 3. The molecule has 0 aliphatic carbocycles. The lowest BCUT2D eigenvalue weighted by molar-refractivity contribution is 0.670. The monoisotopic (exact) mass is 729 g/mol. The first-order chi connectivity index (χ1) is 26.3. The fourth-order valence-corrected chi connectivity index (χ4v) is 15.4. The van der Waals surface area contributed by atoms with Crippen LogP contribution >= 0.6 is 10.0 Å². The number of benzene rings is 8. The molecule has 0 saturated carbocycles. The van der Waals surface area contributed by atoms with E-state index in [9.17, 15) is 0 Å². The van der Waals surface area contributed by atoms with E-state index in [0.29, 0.717) is 0 Å². The zero-order valence-electron chi connectivity index (χ0n) is 30.9. The smallest absolute Gasteiger partial charge is 0.143 e. The third-order valence-electron chi connectivity index (χ3n) is 12.1. The maximum atomic E-state index is 6.67. The van der Waals surface area contributed by atoms with Gasteiger partial charge in [-0.1, -0.05) is 134 Å². The minimum absolute atomic E-state index is 0.951. The molecule has 0 spiro atoms. The molecule has 4 heteroatoms. The van der Waals surface area contributed by atoms with E-state index in [-0.39, 0.29) is 0 Å². The van der Waals surface area contributed by atoms with Crippen molar-refractivity contribution >= 4 is 78.2 Å². The zero-order chi connectivity index (χ0) is 36.3. The van der Waals surface area contributed by atoms with E-state index < -0.39 is 18.1 Å². The van der Waals surface area contributed by atoms with Gasteiger partial charge in [-0.2, -0.15) is 10.0 Å². The molecule has 0 N–H and O–H groups in total. The molecule has 0 radical (unpaired) electrons. The molecule has 0 atom stereocenters. The lowest BCUT2D eigenvalue weighted by Crippen LogP contribution is -2.49. The molecule has 54 heavy (non-hydrogen) atoms. The van der Waals surface area contributed by atoms with Gasteiger partial charge < -0.3 is 9.32 Å². The van der Waals surface area contributed by atoms with Crippen LogP contribution in [0, 0.1) is 0 Å². The summed E-state index contributed by atoms with van der Waals surface area (Å²) in [5, 5.41) is 7.81. The van der Waals surface area contributed by atoms with Crippen molar-refractivity contribution in [2.45, 2.75) is 22.9 Å². The Labute approximate surface area is 318 Å². The predicted molar refractivity (Wildman–Crippen MR) is 235 cm³/mol. The molecule has 8 aromatic carbocycles. The number of furan rings is 1. The summed E-state index contributed by atoms with van der Waals surface area (Å²) in [4.78, 5) is 5.47. The number of hydrogen-bond donors (Lipinski definition) is 0. The number of para-hydroxylation sites is 1. The van der Waals surface area contributed by atoms with Gasteiger partial charge in [-0.05, 0) is 104 Å². The second-order valence-corrected chi connectivity index (χ2v) is 23.5. The lowest BCUT2D eigenvalue weighted by atomic mass is 9.97. The van der Waals surface area contributed by atoms with Gasteiger partial charge in [0.15, 0.2) is 0 Å². The normalized spacial score (nSPS) is 15.2. The van der Waals surface area contributed by atoms with Crippen LogP contribution in [0.15, 0.2) is 178 Å². The number of rotatable bonds is 4. The third-order valence-corrected chi connectivity index (χ3v) is 18.5. The molecule has 2 aliphatic heterocycles. The van der Waals surface area contributed by atoms with Gasteiger partial charge in [-0.3, -0.25) is 0 Å². The molecule has 0 fully saturated rings. The molecule has 9 aromatic rings. The molecule has 260 valence electrons. The van der Waals surface area contributed by atoms with E-state index in [1.54, 1.807) is 0 Å². The van der Waals surface area contributed by atoms with Crippen molar-refractivity contribution in [2.24, 2.45) is 0 Å². The van der Waals surface area contributed by atoms with Gasteiger partial charge in [0.1, 0.15) is 19.2 Å². The molecule has 2 nitrogen and oxygen atoms in total. The average molecular weight is 730 g/mol. The molecular formula is C50H39NOSSi. The van der Waals surface area contributed by atoms with E-state index in [1.165, 1.54) is 86.5 Å². The van der Waals surface area contributed by atoms with Gasteiger partial charge in [-0.25, -0.2) is 0 Å². The van der Waals surface area contributed by atoms with Crippen LogP contribution in [0.2, 0.25) is 13.1 Å². The van der Waals surface area contributed by atoms with Crippen LogP contribution in [-0.2, 0) is 0 Å². The molecule has 3 heterocycles. The lowest BCUT2D eigenvalue weighted by Gasteiger charge is -2.35. The summed E-state index contributed by atoms with van der Waals surface area (Å²) in [6.45, 7) is 5.01. The van der Waals surface area contributed by atoms with Crippen molar-refractivity contribution in [1.82, 2.24) is 0 Å². The molecule has 0 amide bonds. The largest absolute Gasteiger partial charge is 0.455 e. The highest BCUT2D eigenvalue weighted by Gasteiger charge is 2.41. The Morgan fingerprint density at radius 2 is 1.22 bits per heavy atom. The fourth-order valence-electron chi connectivity index (χ4n) is 9.54. The van der Waals surface area contributed by atoms with Crippen LogP contribution in [-0.4, -0.2) is 20.6 Å². The van der Waals surface area contributed by atoms with Gasteiger partial charge >= 0.3 is 0 Å². The SMILES string of the molecule is C[Si]1(C)c2cc(N(c3cccc(-c4cccc5ccccc45)c3)c3cccc4c3S(C)(C)c3ccccc3-4)ccc2-c2c1ccc1c2oc2ccccc21. The Morgan fingerprint density at radius 1 is 0.519 bits per heavy atom. The highest BCUT2D eigenvalue weighted by molar-refractivity contribution is 8.33. The molecule has 11 rings (SSSR count). The summed E-state index contributed by atoms with van der Waals surface area (Å²) < 4.78 is 6.67. The highest BCUT2D eigenvalue weighted by Crippen LogP contribution is 2.70. The molecule has 1 aromatic heterocycles. The van der Waals surface area contributed by atoms with Gasteiger partial charge in [0.25, 0.3) is 0 Å². The number of fused-ring (bicyclic) bond motifs is 11. The van der Waals surface area contributed by atoms with Crippen LogP contribution in [0.1, 0.15) is 0 Å². The van der Waals surface area contributed by atoms with Crippen molar-refractivity contribution in [3.63, 3.8) is 0 Å². The van der Waals surface area contributed by atoms with Crippen molar-refractivity contribution in [3.8, 4) is 33.4 Å². The maximum Gasteiger partial charge on any atom is 0.143 e. The van der Waals surface area contributed by atoms with Gasteiger partial charge in [-0.15, -0.1) is 0 Å². The molecule has 0 unspecified atom stereocenters. The summed E-state index contributed by atoms with van der Waals surface area (Å²) in [5.74, 6) is 0. The van der Waals surface area contributed by atoms with Crippen LogP contribution in [0.25, 0.3) is 66.1 Å². The minimum Gasteiger partial charge on any atom is -0.455 e. The molecule has 2 aliphatic rings. The van der Waals surface area contributed by atoms with Gasteiger partial charge in [0.2, 0.25) is 0 Å². The quantitative estimate of drug-likeness (QED) is 0.168. The second-order valence-electron chi connectivity index (χ2n) is 15.7. The van der Waals surface area contributed by atoms with Gasteiger partial charge in [0, 0.05) is 37.5 Å². The molecule has 0 bridgehead atoms. The summed E-state index contributed by atoms with van der Waals surface area (Å²) in [6, 6.07) is 60.9. The summed E-state index contributed by atoms with van der Waals surface area (Å²) in [6.07, 6.45) is 4.94. The minimum atomic E-state index is -2.10. The van der Waals surface area contributed by atoms with Crippen molar-refractivity contribution in [2.75, 3.05) is 17.4 Å². The Morgan fingerprint density at radius 3 is 2.13 bits per heavy atom. The van der Waals surface area contributed by atoms with E-state index >= 15 is 0 Å². The Bertz CT molecular complexity index is 3020. The van der Waals surface area contributed by atoms with Crippen molar-refractivity contribution < 1.29 is 4.42 Å². The van der Waals surface area contributed by atoms with Crippen molar-refractivity contribution in [1.29, 1.82) is 0 Å². The van der Waals surface area contributed by atoms with E-state index in [4.69, 9.17) is 4.42 Å². The first-order valence-electron chi connectivity index (χ1n) is 18.7. The first kappa shape index (κ1) is 31.7. The Balaban J connectivity index is 1.15. The summed E-state index contributed by atoms with van der Waals surface area (Å²) in [7, 11) is -3.41.